The summed E-state index contributed by atoms with van der Waals surface area (Å²) in [7, 11) is 0. The Morgan fingerprint density at radius 1 is 1.40 bits per heavy atom. The van der Waals surface area contributed by atoms with Gasteiger partial charge in [-0.3, -0.25) is 14.9 Å². The summed E-state index contributed by atoms with van der Waals surface area (Å²) in [5.41, 5.74) is 3.05. The quantitative estimate of drug-likeness (QED) is 0.775. The zero-order valence-electron chi connectivity index (χ0n) is 12.1. The van der Waals surface area contributed by atoms with Gasteiger partial charge in [-0.1, -0.05) is 32.0 Å². The summed E-state index contributed by atoms with van der Waals surface area (Å²) in [5, 5.41) is 8.61. The van der Waals surface area contributed by atoms with Crippen LogP contribution in [0.25, 0.3) is 0 Å². The maximum atomic E-state index is 12.3. The number of benzene rings is 1. The van der Waals surface area contributed by atoms with Crippen LogP contribution in [-0.2, 0) is 9.59 Å². The first kappa shape index (κ1) is 14.5. The van der Waals surface area contributed by atoms with Crippen molar-refractivity contribution in [3.63, 3.8) is 0 Å². The first-order valence-electron chi connectivity index (χ1n) is 6.89. The van der Waals surface area contributed by atoms with Crippen LogP contribution in [0, 0.1) is 6.92 Å². The van der Waals surface area contributed by atoms with Crippen molar-refractivity contribution in [2.45, 2.75) is 32.7 Å². The van der Waals surface area contributed by atoms with E-state index in [0.717, 1.165) is 16.8 Å². The third-order valence-electron chi connectivity index (χ3n) is 3.50. The predicted octanol–water partition coefficient (Wildman–Crippen LogP) is 1.14. The minimum absolute atomic E-state index is 0.0761. The topological polar surface area (TPSA) is 70.2 Å². The summed E-state index contributed by atoms with van der Waals surface area (Å²) in [5.74, 6) is 0.151. The van der Waals surface area contributed by atoms with Gasteiger partial charge in [-0.25, -0.2) is 0 Å². The molecule has 5 nitrogen and oxygen atoms in total. The van der Waals surface area contributed by atoms with Gasteiger partial charge in [0, 0.05) is 12.2 Å². The van der Waals surface area contributed by atoms with Crippen molar-refractivity contribution in [1.29, 1.82) is 0 Å². The van der Waals surface area contributed by atoms with Gasteiger partial charge in [0.25, 0.3) is 0 Å². The average Bonchev–Trinajstić information content (AvgIpc) is 2.41. The number of hydrogen-bond acceptors (Lipinski definition) is 3. The molecule has 1 fully saturated rings. The number of carbonyl (C=O) groups excluding carboxylic acids is 2. The number of piperazine rings is 1. The summed E-state index contributed by atoms with van der Waals surface area (Å²) in [6.45, 7) is 6.70. The Kier molecular flexibility index (Phi) is 4.39. The maximum Gasteiger partial charge on any atom is 0.243 e. The number of amides is 2. The van der Waals surface area contributed by atoms with E-state index in [9.17, 15) is 9.59 Å². The Balaban J connectivity index is 2.13. The van der Waals surface area contributed by atoms with E-state index in [1.54, 1.807) is 0 Å². The Labute approximate surface area is 119 Å². The molecule has 5 heteroatoms. The van der Waals surface area contributed by atoms with Gasteiger partial charge in [-0.15, -0.1) is 0 Å². The summed E-state index contributed by atoms with van der Waals surface area (Å²) in [6.07, 6.45) is 0. The summed E-state index contributed by atoms with van der Waals surface area (Å²) < 4.78 is 0. The largest absolute Gasteiger partial charge is 0.353 e. The van der Waals surface area contributed by atoms with Crippen LogP contribution in [0.3, 0.4) is 0 Å². The van der Waals surface area contributed by atoms with Crippen LogP contribution >= 0.6 is 0 Å². The Bertz CT molecular complexity index is 516. The van der Waals surface area contributed by atoms with Crippen molar-refractivity contribution in [3.8, 4) is 0 Å². The highest BCUT2D eigenvalue weighted by Crippen LogP contribution is 2.27. The molecule has 1 aliphatic rings. The Hall–Kier alpha value is -1.88. The molecule has 2 rings (SSSR count). The fraction of sp³-hybridized carbons (Fsp3) is 0.467. The number of aryl methyl sites for hydroxylation is 1. The van der Waals surface area contributed by atoms with E-state index < -0.39 is 0 Å². The minimum Gasteiger partial charge on any atom is -0.353 e. The molecule has 0 bridgehead atoms. The monoisotopic (exact) mass is 275 g/mol. The maximum absolute atomic E-state index is 12.3. The lowest BCUT2D eigenvalue weighted by Crippen LogP contribution is -2.56. The summed E-state index contributed by atoms with van der Waals surface area (Å²) in [4.78, 5) is 23.4. The molecule has 0 saturated carbocycles. The van der Waals surface area contributed by atoms with E-state index in [1.165, 1.54) is 0 Å². The molecule has 1 saturated heterocycles. The molecule has 2 amide bonds. The van der Waals surface area contributed by atoms with Crippen molar-refractivity contribution >= 4 is 17.5 Å². The molecule has 3 N–H and O–H groups in total. The molecule has 1 aromatic carbocycles. The summed E-state index contributed by atoms with van der Waals surface area (Å²) in [6, 6.07) is 5.63. The molecule has 108 valence electrons. The molecule has 1 heterocycles. The van der Waals surface area contributed by atoms with Crippen LogP contribution in [0.15, 0.2) is 18.2 Å². The number of para-hydroxylation sites is 1. The van der Waals surface area contributed by atoms with Gasteiger partial charge in [0.1, 0.15) is 6.04 Å². The van der Waals surface area contributed by atoms with Crippen LogP contribution in [0.1, 0.15) is 30.9 Å². The number of hydrogen-bond donors (Lipinski definition) is 3. The van der Waals surface area contributed by atoms with Crippen LogP contribution in [0.2, 0.25) is 0 Å². The van der Waals surface area contributed by atoms with Gasteiger partial charge >= 0.3 is 0 Å². The molecule has 0 aliphatic carbocycles. The van der Waals surface area contributed by atoms with Crippen molar-refractivity contribution in [3.05, 3.63) is 29.3 Å². The second-order valence-corrected chi connectivity index (χ2v) is 5.42. The standard InChI is InChI=1S/C15H21N3O2/c1-9(2)11-6-4-5-10(3)14(11)18-15(20)12-7-17-13(19)8-16-12/h4-6,9,12,16H,7-8H2,1-3H3,(H,17,19)(H,18,20). The Morgan fingerprint density at radius 3 is 2.75 bits per heavy atom. The fourth-order valence-electron chi connectivity index (χ4n) is 2.30. The fourth-order valence-corrected chi connectivity index (χ4v) is 2.30. The molecule has 0 aromatic heterocycles. The molecule has 1 atom stereocenters. The van der Waals surface area contributed by atoms with Crippen molar-refractivity contribution in [1.82, 2.24) is 10.6 Å². The third kappa shape index (κ3) is 3.17. The van der Waals surface area contributed by atoms with Gasteiger partial charge < -0.3 is 10.6 Å². The molecule has 20 heavy (non-hydrogen) atoms. The average molecular weight is 275 g/mol. The molecule has 1 aromatic rings. The number of carbonyl (C=O) groups is 2. The van der Waals surface area contributed by atoms with Gasteiger partial charge in [0.15, 0.2) is 0 Å². The Morgan fingerprint density at radius 2 is 2.15 bits per heavy atom. The van der Waals surface area contributed by atoms with E-state index >= 15 is 0 Å². The number of nitrogens with one attached hydrogen (secondary N) is 3. The van der Waals surface area contributed by atoms with Crippen molar-refractivity contribution in [2.24, 2.45) is 0 Å². The molecule has 0 radical (unpaired) electrons. The van der Waals surface area contributed by atoms with Gasteiger partial charge in [-0.05, 0) is 24.0 Å². The molecular weight excluding hydrogens is 254 g/mol. The highest BCUT2D eigenvalue weighted by atomic mass is 16.2. The van der Waals surface area contributed by atoms with Gasteiger partial charge in [-0.2, -0.15) is 0 Å². The van der Waals surface area contributed by atoms with Crippen LogP contribution in [-0.4, -0.2) is 30.9 Å². The first-order valence-corrected chi connectivity index (χ1v) is 6.89. The van der Waals surface area contributed by atoms with E-state index in [-0.39, 0.29) is 24.4 Å². The smallest absolute Gasteiger partial charge is 0.243 e. The highest BCUT2D eigenvalue weighted by molar-refractivity contribution is 5.97. The van der Waals surface area contributed by atoms with Crippen molar-refractivity contribution < 1.29 is 9.59 Å². The zero-order chi connectivity index (χ0) is 14.7. The van der Waals surface area contributed by atoms with E-state index in [1.807, 2.05) is 25.1 Å². The van der Waals surface area contributed by atoms with E-state index in [4.69, 9.17) is 0 Å². The van der Waals surface area contributed by atoms with E-state index in [2.05, 4.69) is 29.8 Å². The van der Waals surface area contributed by atoms with Gasteiger partial charge in [0.05, 0.1) is 6.54 Å². The second-order valence-electron chi connectivity index (χ2n) is 5.42. The minimum atomic E-state index is -0.382. The van der Waals surface area contributed by atoms with Crippen molar-refractivity contribution in [2.75, 3.05) is 18.4 Å². The third-order valence-corrected chi connectivity index (χ3v) is 3.50. The number of anilines is 1. The summed E-state index contributed by atoms with van der Waals surface area (Å²) >= 11 is 0. The molecular formula is C15H21N3O2. The lowest BCUT2D eigenvalue weighted by atomic mass is 9.98. The SMILES string of the molecule is Cc1cccc(C(C)C)c1NC(=O)C1CNC(=O)CN1. The second kappa shape index (κ2) is 6.05. The first-order chi connectivity index (χ1) is 9.49. The van der Waals surface area contributed by atoms with Crippen LogP contribution < -0.4 is 16.0 Å². The lowest BCUT2D eigenvalue weighted by molar-refractivity contribution is -0.124. The normalized spacial score (nSPS) is 18.8. The van der Waals surface area contributed by atoms with Crippen LogP contribution in [0.4, 0.5) is 5.69 Å². The number of rotatable bonds is 3. The zero-order valence-corrected chi connectivity index (χ0v) is 12.1. The van der Waals surface area contributed by atoms with E-state index in [0.29, 0.717) is 12.5 Å². The molecule has 1 unspecified atom stereocenters. The molecule has 0 spiro atoms. The molecule has 1 aliphatic heterocycles. The van der Waals surface area contributed by atoms with Crippen LogP contribution in [0.5, 0.6) is 0 Å². The predicted molar refractivity (Wildman–Crippen MR) is 78.7 cm³/mol. The lowest BCUT2D eigenvalue weighted by Gasteiger charge is -2.24. The van der Waals surface area contributed by atoms with Gasteiger partial charge in [0.2, 0.25) is 11.8 Å². The highest BCUT2D eigenvalue weighted by Gasteiger charge is 2.24.